The Hall–Kier alpha value is -2.16. The highest BCUT2D eigenvalue weighted by molar-refractivity contribution is 8.00. The molecule has 1 atom stereocenters. The SMILES string of the molecule is CCCn1c(SC2CCCc3ccccc3C2=O)nc2cc(S(N)(=O)=O)ccc21. The van der Waals surface area contributed by atoms with Gasteiger partial charge in [0, 0.05) is 12.1 Å². The van der Waals surface area contributed by atoms with Crippen LogP contribution in [0.2, 0.25) is 0 Å². The van der Waals surface area contributed by atoms with Crippen molar-refractivity contribution in [1.82, 2.24) is 9.55 Å². The van der Waals surface area contributed by atoms with Gasteiger partial charge in [0.1, 0.15) is 0 Å². The lowest BCUT2D eigenvalue weighted by Gasteiger charge is -2.14. The maximum atomic E-state index is 13.2. The van der Waals surface area contributed by atoms with E-state index < -0.39 is 10.0 Å². The average molecular weight is 430 g/mol. The van der Waals surface area contributed by atoms with Crippen LogP contribution in [0, 0.1) is 0 Å². The Bertz CT molecular complexity index is 1190. The zero-order valence-electron chi connectivity index (χ0n) is 16.2. The van der Waals surface area contributed by atoms with Gasteiger partial charge in [-0.3, -0.25) is 4.79 Å². The predicted molar refractivity (Wildman–Crippen MR) is 115 cm³/mol. The second kappa shape index (κ2) is 7.93. The number of hydrogen-bond acceptors (Lipinski definition) is 5. The molecule has 1 unspecified atom stereocenters. The summed E-state index contributed by atoms with van der Waals surface area (Å²) < 4.78 is 25.5. The number of Topliss-reactive ketones (excluding diaryl/α,β-unsaturated/α-hetero) is 1. The number of carbonyl (C=O) groups is 1. The summed E-state index contributed by atoms with van der Waals surface area (Å²) >= 11 is 1.48. The van der Waals surface area contributed by atoms with Crippen LogP contribution < -0.4 is 5.14 Å². The number of ketones is 1. The third-order valence-electron chi connectivity index (χ3n) is 5.20. The number of rotatable bonds is 5. The lowest BCUT2D eigenvalue weighted by Crippen LogP contribution is -2.17. The fourth-order valence-electron chi connectivity index (χ4n) is 3.79. The number of sulfonamides is 1. The van der Waals surface area contributed by atoms with E-state index >= 15 is 0 Å². The lowest BCUT2D eigenvalue weighted by molar-refractivity contribution is 0.0988. The predicted octanol–water partition coefficient (Wildman–Crippen LogP) is 3.77. The molecule has 1 aromatic heterocycles. The molecule has 0 aliphatic heterocycles. The van der Waals surface area contributed by atoms with Crippen LogP contribution in [-0.4, -0.2) is 29.0 Å². The fraction of sp³-hybridized carbons (Fsp3) is 0.333. The van der Waals surface area contributed by atoms with E-state index in [-0.39, 0.29) is 15.9 Å². The zero-order chi connectivity index (χ0) is 20.6. The average Bonchev–Trinajstić information content (AvgIpc) is 2.94. The highest BCUT2D eigenvalue weighted by atomic mass is 32.2. The number of nitrogens with zero attached hydrogens (tertiary/aromatic N) is 2. The molecule has 0 amide bonds. The van der Waals surface area contributed by atoms with Crippen molar-refractivity contribution in [2.24, 2.45) is 5.14 Å². The molecule has 0 saturated carbocycles. The topological polar surface area (TPSA) is 95.0 Å². The van der Waals surface area contributed by atoms with E-state index in [0.29, 0.717) is 5.52 Å². The first-order chi connectivity index (χ1) is 13.9. The van der Waals surface area contributed by atoms with Gasteiger partial charge in [-0.05, 0) is 49.4 Å². The van der Waals surface area contributed by atoms with Crippen molar-refractivity contribution in [3.63, 3.8) is 0 Å². The Morgan fingerprint density at radius 1 is 1.24 bits per heavy atom. The Balaban J connectivity index is 1.73. The van der Waals surface area contributed by atoms with Gasteiger partial charge in [0.05, 0.1) is 21.2 Å². The number of hydrogen-bond donors (Lipinski definition) is 1. The van der Waals surface area contributed by atoms with Gasteiger partial charge >= 0.3 is 0 Å². The number of primary sulfonamides is 1. The Labute approximate surface area is 174 Å². The maximum absolute atomic E-state index is 13.2. The molecule has 0 bridgehead atoms. The second-order valence-electron chi connectivity index (χ2n) is 7.26. The lowest BCUT2D eigenvalue weighted by atomic mass is 10.0. The van der Waals surface area contributed by atoms with Crippen LogP contribution in [0.15, 0.2) is 52.5 Å². The number of thioether (sulfide) groups is 1. The van der Waals surface area contributed by atoms with E-state index in [9.17, 15) is 13.2 Å². The third kappa shape index (κ3) is 3.97. The zero-order valence-corrected chi connectivity index (χ0v) is 17.8. The van der Waals surface area contributed by atoms with Crippen LogP contribution >= 0.6 is 11.8 Å². The van der Waals surface area contributed by atoms with Crippen LogP contribution in [0.5, 0.6) is 0 Å². The normalized spacial score (nSPS) is 17.3. The van der Waals surface area contributed by atoms with Gasteiger partial charge in [0.15, 0.2) is 10.9 Å². The van der Waals surface area contributed by atoms with Crippen LogP contribution in [0.3, 0.4) is 0 Å². The summed E-state index contributed by atoms with van der Waals surface area (Å²) in [5.41, 5.74) is 3.34. The van der Waals surface area contributed by atoms with Crippen molar-refractivity contribution < 1.29 is 13.2 Å². The van der Waals surface area contributed by atoms with Crippen molar-refractivity contribution in [2.75, 3.05) is 0 Å². The minimum atomic E-state index is -3.79. The molecule has 0 spiro atoms. The van der Waals surface area contributed by atoms with Gasteiger partial charge in [-0.1, -0.05) is 43.0 Å². The minimum absolute atomic E-state index is 0.0437. The molecule has 3 aromatic rings. The number of imidazole rings is 1. The summed E-state index contributed by atoms with van der Waals surface area (Å²) in [6, 6.07) is 12.6. The molecule has 0 fully saturated rings. The van der Waals surface area contributed by atoms with Crippen molar-refractivity contribution in [1.29, 1.82) is 0 Å². The van der Waals surface area contributed by atoms with E-state index in [1.807, 2.05) is 24.3 Å². The van der Waals surface area contributed by atoms with Gasteiger partial charge in [-0.15, -0.1) is 0 Å². The van der Waals surface area contributed by atoms with Crippen molar-refractivity contribution in [3.8, 4) is 0 Å². The molecule has 1 aliphatic rings. The summed E-state index contributed by atoms with van der Waals surface area (Å²) in [5, 5.41) is 5.81. The minimum Gasteiger partial charge on any atom is -0.319 e. The molecule has 0 saturated heterocycles. The second-order valence-corrected chi connectivity index (χ2v) is 9.99. The first-order valence-corrected chi connectivity index (χ1v) is 12.1. The van der Waals surface area contributed by atoms with E-state index in [1.165, 1.54) is 23.9 Å². The van der Waals surface area contributed by atoms with E-state index in [2.05, 4.69) is 16.5 Å². The molecular formula is C21H23N3O3S2. The monoisotopic (exact) mass is 429 g/mol. The van der Waals surface area contributed by atoms with Gasteiger partial charge in [-0.2, -0.15) is 0 Å². The third-order valence-corrected chi connectivity index (χ3v) is 7.36. The largest absolute Gasteiger partial charge is 0.319 e. The molecule has 4 rings (SSSR count). The molecule has 1 heterocycles. The Morgan fingerprint density at radius 2 is 2.03 bits per heavy atom. The molecule has 152 valence electrons. The molecule has 2 aromatic carbocycles. The molecule has 6 nitrogen and oxygen atoms in total. The fourth-order valence-corrected chi connectivity index (χ4v) is 5.57. The van der Waals surface area contributed by atoms with Gasteiger partial charge in [0.2, 0.25) is 10.0 Å². The molecule has 0 radical (unpaired) electrons. The first-order valence-electron chi connectivity index (χ1n) is 9.70. The summed E-state index contributed by atoms with van der Waals surface area (Å²) in [5.74, 6) is 0.142. The smallest absolute Gasteiger partial charge is 0.238 e. The number of aromatic nitrogens is 2. The molecule has 1 aliphatic carbocycles. The van der Waals surface area contributed by atoms with Crippen molar-refractivity contribution >= 4 is 38.6 Å². The first kappa shape index (κ1) is 20.1. The Morgan fingerprint density at radius 3 is 2.79 bits per heavy atom. The van der Waals surface area contributed by atoms with Crippen LogP contribution in [0.4, 0.5) is 0 Å². The summed E-state index contributed by atoms with van der Waals surface area (Å²) in [6.45, 7) is 2.82. The summed E-state index contributed by atoms with van der Waals surface area (Å²) in [6.07, 6.45) is 3.54. The van der Waals surface area contributed by atoms with Gasteiger partial charge < -0.3 is 4.57 Å². The molecule has 2 N–H and O–H groups in total. The number of fused-ring (bicyclic) bond motifs is 2. The number of carbonyl (C=O) groups excluding carboxylic acids is 1. The molecule has 29 heavy (non-hydrogen) atoms. The number of aryl methyl sites for hydroxylation is 2. The maximum Gasteiger partial charge on any atom is 0.238 e. The van der Waals surface area contributed by atoms with E-state index in [4.69, 9.17) is 5.14 Å². The summed E-state index contributed by atoms with van der Waals surface area (Å²) in [7, 11) is -3.79. The summed E-state index contributed by atoms with van der Waals surface area (Å²) in [4.78, 5) is 17.9. The molecular weight excluding hydrogens is 406 g/mol. The Kier molecular flexibility index (Phi) is 5.50. The van der Waals surface area contributed by atoms with Crippen molar-refractivity contribution in [2.45, 2.75) is 54.5 Å². The van der Waals surface area contributed by atoms with Crippen molar-refractivity contribution in [3.05, 3.63) is 53.6 Å². The van der Waals surface area contributed by atoms with E-state index in [1.54, 1.807) is 6.07 Å². The van der Waals surface area contributed by atoms with E-state index in [0.717, 1.165) is 54.0 Å². The number of benzene rings is 2. The molecule has 8 heteroatoms. The number of nitrogens with two attached hydrogens (primary N) is 1. The quantitative estimate of drug-likeness (QED) is 0.623. The van der Waals surface area contributed by atoms with Crippen LogP contribution in [0.25, 0.3) is 11.0 Å². The van der Waals surface area contributed by atoms with Gasteiger partial charge in [-0.25, -0.2) is 18.5 Å². The van der Waals surface area contributed by atoms with Gasteiger partial charge in [0.25, 0.3) is 0 Å². The highest BCUT2D eigenvalue weighted by Gasteiger charge is 2.28. The van der Waals surface area contributed by atoms with Crippen LogP contribution in [0.1, 0.15) is 42.1 Å². The standard InChI is InChI=1S/C21H23N3O3S2/c1-2-12-24-18-11-10-15(29(22,26)27)13-17(18)23-21(24)28-19-9-5-7-14-6-3-4-8-16(14)20(19)25/h3-4,6,8,10-11,13,19H,2,5,7,9,12H2,1H3,(H2,22,26,27). The highest BCUT2D eigenvalue weighted by Crippen LogP contribution is 2.34. The van der Waals surface area contributed by atoms with Crippen LogP contribution in [-0.2, 0) is 23.0 Å².